The highest BCUT2D eigenvalue weighted by atomic mass is 16.8. The van der Waals surface area contributed by atoms with E-state index in [9.17, 15) is 14.7 Å². The zero-order valence-electron chi connectivity index (χ0n) is 17.5. The van der Waals surface area contributed by atoms with Crippen LogP contribution in [-0.2, 0) is 28.5 Å². The van der Waals surface area contributed by atoms with Gasteiger partial charge < -0.3 is 34.1 Å². The van der Waals surface area contributed by atoms with E-state index in [2.05, 4.69) is 5.32 Å². The van der Waals surface area contributed by atoms with Crippen LogP contribution in [0.4, 0.5) is 0 Å². The van der Waals surface area contributed by atoms with Gasteiger partial charge in [-0.3, -0.25) is 4.79 Å². The fourth-order valence-corrected chi connectivity index (χ4v) is 3.84. The van der Waals surface area contributed by atoms with Crippen molar-refractivity contribution in [3.63, 3.8) is 0 Å². The van der Waals surface area contributed by atoms with Crippen molar-refractivity contribution in [1.82, 2.24) is 5.32 Å². The van der Waals surface area contributed by atoms with E-state index >= 15 is 0 Å². The molecule has 0 spiro atoms. The predicted molar refractivity (Wildman–Crippen MR) is 111 cm³/mol. The minimum absolute atomic E-state index is 0.179. The lowest BCUT2D eigenvalue weighted by Gasteiger charge is -2.49. The van der Waals surface area contributed by atoms with Crippen molar-refractivity contribution in [3.05, 3.63) is 66.2 Å². The highest BCUT2D eigenvalue weighted by Crippen LogP contribution is 2.36. The van der Waals surface area contributed by atoms with E-state index < -0.39 is 49.5 Å². The number of nitrogens with one attached hydrogen (secondary N) is 1. The lowest BCUT2D eigenvalue weighted by molar-refractivity contribution is -0.337. The van der Waals surface area contributed by atoms with Crippen molar-refractivity contribution in [1.29, 1.82) is 0 Å². The summed E-state index contributed by atoms with van der Waals surface area (Å²) in [6.45, 7) is 0.971. The van der Waals surface area contributed by atoms with Crippen LogP contribution in [0.2, 0.25) is 0 Å². The third-order valence-corrected chi connectivity index (χ3v) is 5.18. The summed E-state index contributed by atoms with van der Waals surface area (Å²) in [5.74, 6) is -0.945. The van der Waals surface area contributed by atoms with E-state index in [0.29, 0.717) is 5.75 Å². The summed E-state index contributed by atoms with van der Waals surface area (Å²) < 4.78 is 29.9. The van der Waals surface area contributed by atoms with Crippen LogP contribution in [0, 0.1) is 0 Å². The molecule has 2 aliphatic rings. The third kappa shape index (κ3) is 5.25. The first-order valence-electron chi connectivity index (χ1n) is 10.3. The Morgan fingerprint density at radius 2 is 1.75 bits per heavy atom. The Morgan fingerprint density at radius 3 is 2.41 bits per heavy atom. The van der Waals surface area contributed by atoms with E-state index in [1.807, 2.05) is 48.5 Å². The lowest BCUT2D eigenvalue weighted by atomic mass is 9.95. The first-order chi connectivity index (χ1) is 15.5. The van der Waals surface area contributed by atoms with Crippen molar-refractivity contribution >= 4 is 11.9 Å². The van der Waals surface area contributed by atoms with E-state index in [1.54, 1.807) is 12.1 Å². The van der Waals surface area contributed by atoms with Crippen LogP contribution in [0.3, 0.4) is 0 Å². The number of carbonyl (C=O) groups excluding carboxylic acids is 1. The smallest absolute Gasteiger partial charge is 0.329 e. The molecule has 0 saturated carbocycles. The summed E-state index contributed by atoms with van der Waals surface area (Å²) in [4.78, 5) is 23.2. The van der Waals surface area contributed by atoms with Crippen molar-refractivity contribution in [2.24, 2.45) is 0 Å². The van der Waals surface area contributed by atoms with E-state index in [4.69, 9.17) is 23.7 Å². The molecule has 2 N–H and O–H groups in total. The van der Waals surface area contributed by atoms with Gasteiger partial charge in [0.1, 0.15) is 36.7 Å². The van der Waals surface area contributed by atoms with Gasteiger partial charge in [0.25, 0.3) is 0 Å². The molecule has 2 aliphatic heterocycles. The second-order valence-corrected chi connectivity index (χ2v) is 7.55. The number of aliphatic carboxylic acids is 1. The molecule has 0 aromatic heterocycles. The lowest BCUT2D eigenvalue weighted by Crippen LogP contribution is -2.68. The molecule has 2 saturated heterocycles. The number of amides is 1. The molecule has 6 atom stereocenters. The minimum atomic E-state index is -1.14. The molecule has 0 aliphatic carbocycles. The molecule has 9 nitrogen and oxygen atoms in total. The Kier molecular flexibility index (Phi) is 7.01. The number of rotatable bonds is 7. The summed E-state index contributed by atoms with van der Waals surface area (Å²) in [5, 5.41) is 12.0. The average Bonchev–Trinajstić information content (AvgIpc) is 2.79. The number of hydrogen-bond donors (Lipinski definition) is 2. The standard InChI is InChI=1S/C23H25NO8/c1-14(25)24-19-21(28-13-18(26)27)20-17(31-23(19)30-16-10-6-3-7-11-16)12-29-22(32-20)15-8-4-2-5-9-15/h2-11,17,19-23H,12-13H2,1H3,(H,24,25)(H,26,27)/t17-,19+,20+,21+,22+,23+/m1/s1. The Hall–Kier alpha value is -2.98. The zero-order chi connectivity index (χ0) is 22.5. The Balaban J connectivity index is 1.61. The number of carboxylic acids is 1. The maximum Gasteiger partial charge on any atom is 0.329 e. The maximum atomic E-state index is 12.0. The zero-order valence-corrected chi connectivity index (χ0v) is 17.5. The van der Waals surface area contributed by atoms with Gasteiger partial charge in [-0.15, -0.1) is 0 Å². The van der Waals surface area contributed by atoms with Crippen molar-refractivity contribution in [2.45, 2.75) is 43.9 Å². The first-order valence-corrected chi connectivity index (χ1v) is 10.3. The number of ether oxygens (including phenoxy) is 5. The molecule has 0 radical (unpaired) electrons. The SMILES string of the molecule is CC(=O)N[C@@H]1[C@@H](Oc2ccccc2)O[C@@H]2CO[C@H](c3ccccc3)O[C@@H]2[C@H]1OCC(=O)O. The summed E-state index contributed by atoms with van der Waals surface area (Å²) in [6.07, 6.45) is -3.76. The number of hydrogen-bond acceptors (Lipinski definition) is 7. The van der Waals surface area contributed by atoms with Gasteiger partial charge in [0.15, 0.2) is 6.29 Å². The average molecular weight is 443 g/mol. The molecule has 2 fully saturated rings. The van der Waals surface area contributed by atoms with E-state index in [0.717, 1.165) is 5.56 Å². The number of carbonyl (C=O) groups is 2. The number of carboxylic acid groups (broad SMARTS) is 1. The molecule has 0 bridgehead atoms. The number of para-hydroxylation sites is 1. The number of benzene rings is 2. The van der Waals surface area contributed by atoms with E-state index in [1.165, 1.54) is 6.92 Å². The number of fused-ring (bicyclic) bond motifs is 1. The van der Waals surface area contributed by atoms with Gasteiger partial charge in [-0.05, 0) is 12.1 Å². The first kappa shape index (κ1) is 22.2. The largest absolute Gasteiger partial charge is 0.480 e. The Labute approximate surface area is 185 Å². The van der Waals surface area contributed by atoms with Crippen molar-refractivity contribution in [2.75, 3.05) is 13.2 Å². The van der Waals surface area contributed by atoms with Crippen LogP contribution >= 0.6 is 0 Å². The summed E-state index contributed by atoms with van der Waals surface area (Å²) in [5.41, 5.74) is 0.807. The molecular formula is C23H25NO8. The van der Waals surface area contributed by atoms with Gasteiger partial charge in [0.2, 0.25) is 12.2 Å². The molecule has 2 heterocycles. The molecule has 32 heavy (non-hydrogen) atoms. The van der Waals surface area contributed by atoms with Crippen LogP contribution in [-0.4, -0.2) is 60.8 Å². The van der Waals surface area contributed by atoms with Gasteiger partial charge in [-0.25, -0.2) is 4.79 Å². The van der Waals surface area contributed by atoms with Crippen molar-refractivity contribution < 1.29 is 38.4 Å². The summed E-state index contributed by atoms with van der Waals surface area (Å²) >= 11 is 0. The summed E-state index contributed by atoms with van der Waals surface area (Å²) in [6, 6.07) is 17.5. The van der Waals surface area contributed by atoms with E-state index in [-0.39, 0.29) is 12.5 Å². The molecule has 170 valence electrons. The van der Waals surface area contributed by atoms with Crippen LogP contribution in [0.15, 0.2) is 60.7 Å². The summed E-state index contributed by atoms with van der Waals surface area (Å²) in [7, 11) is 0. The monoisotopic (exact) mass is 443 g/mol. The van der Waals surface area contributed by atoms with Gasteiger partial charge in [-0.2, -0.15) is 0 Å². The highest BCUT2D eigenvalue weighted by Gasteiger charge is 2.52. The Morgan fingerprint density at radius 1 is 1.06 bits per heavy atom. The van der Waals surface area contributed by atoms with Crippen molar-refractivity contribution in [3.8, 4) is 5.75 Å². The predicted octanol–water partition coefficient (Wildman–Crippen LogP) is 1.88. The topological polar surface area (TPSA) is 113 Å². The Bertz CT molecular complexity index is 909. The van der Waals surface area contributed by atoms with Crippen LogP contribution < -0.4 is 10.1 Å². The highest BCUT2D eigenvalue weighted by molar-refractivity contribution is 5.73. The maximum absolute atomic E-state index is 12.0. The van der Waals surface area contributed by atoms with Crippen LogP contribution in [0.25, 0.3) is 0 Å². The molecular weight excluding hydrogens is 418 g/mol. The van der Waals surface area contributed by atoms with Crippen LogP contribution in [0.1, 0.15) is 18.8 Å². The molecule has 4 rings (SSSR count). The fraction of sp³-hybridized carbons (Fsp3) is 0.391. The molecule has 0 unspecified atom stereocenters. The normalized spacial score (nSPS) is 29.5. The molecule has 2 aromatic rings. The second-order valence-electron chi connectivity index (χ2n) is 7.55. The minimum Gasteiger partial charge on any atom is -0.480 e. The fourth-order valence-electron chi connectivity index (χ4n) is 3.84. The molecule has 2 aromatic carbocycles. The van der Waals surface area contributed by atoms with Gasteiger partial charge in [0.05, 0.1) is 6.61 Å². The van der Waals surface area contributed by atoms with Gasteiger partial charge in [-0.1, -0.05) is 48.5 Å². The molecule has 1 amide bonds. The molecule has 9 heteroatoms. The van der Waals surface area contributed by atoms with Crippen LogP contribution in [0.5, 0.6) is 5.75 Å². The third-order valence-electron chi connectivity index (χ3n) is 5.18. The quantitative estimate of drug-likeness (QED) is 0.667. The van der Waals surface area contributed by atoms with Gasteiger partial charge >= 0.3 is 5.97 Å². The second kappa shape index (κ2) is 10.1. The van der Waals surface area contributed by atoms with Gasteiger partial charge in [0, 0.05) is 12.5 Å².